The van der Waals surface area contributed by atoms with Gasteiger partial charge in [0.1, 0.15) is 24.2 Å². The Morgan fingerprint density at radius 1 is 1.24 bits per heavy atom. The molecular weight excluding hydrogens is 372 g/mol. The van der Waals surface area contributed by atoms with Gasteiger partial charge in [-0.25, -0.2) is 9.97 Å². The van der Waals surface area contributed by atoms with Gasteiger partial charge < -0.3 is 15.0 Å². The van der Waals surface area contributed by atoms with Crippen molar-refractivity contribution in [1.82, 2.24) is 25.5 Å². The summed E-state index contributed by atoms with van der Waals surface area (Å²) in [7, 11) is 1.62. The predicted octanol–water partition coefficient (Wildman–Crippen LogP) is 1.25. The van der Waals surface area contributed by atoms with Gasteiger partial charge >= 0.3 is 0 Å². The molecule has 4 rings (SSSR count). The quantitative estimate of drug-likeness (QED) is 0.691. The van der Waals surface area contributed by atoms with Crippen molar-refractivity contribution in [1.29, 1.82) is 0 Å². The Bertz CT molecular complexity index is 1050. The fourth-order valence-corrected chi connectivity index (χ4v) is 3.06. The van der Waals surface area contributed by atoms with E-state index in [0.717, 1.165) is 11.3 Å². The number of hydrogen-bond acceptors (Lipinski definition) is 6. The largest absolute Gasteiger partial charge is 0.473 e. The highest BCUT2D eigenvalue weighted by Crippen LogP contribution is 2.28. The molecule has 0 fully saturated rings. The van der Waals surface area contributed by atoms with E-state index in [1.807, 2.05) is 37.3 Å². The summed E-state index contributed by atoms with van der Waals surface area (Å²) < 4.78 is 5.67. The minimum absolute atomic E-state index is 0.0258. The smallest absolute Gasteiger partial charge is 0.291 e. The van der Waals surface area contributed by atoms with Crippen molar-refractivity contribution in [2.24, 2.45) is 0 Å². The fourth-order valence-electron chi connectivity index (χ4n) is 3.06. The fraction of sp³-hybridized carbons (Fsp3) is 0.250. The molecule has 3 aromatic rings. The number of pyridine rings is 1. The Labute approximate surface area is 167 Å². The molecule has 9 heteroatoms. The molecule has 1 aromatic carbocycles. The summed E-state index contributed by atoms with van der Waals surface area (Å²) in [5.74, 6) is 0.0468. The lowest BCUT2D eigenvalue weighted by molar-refractivity contribution is -0.120. The van der Waals surface area contributed by atoms with Gasteiger partial charge in [0.2, 0.25) is 11.7 Å². The Balaban J connectivity index is 1.45. The topological polar surface area (TPSA) is 113 Å². The number of nitrogens with one attached hydrogen (secondary N) is 2. The summed E-state index contributed by atoms with van der Waals surface area (Å²) in [6.07, 6.45) is 0.523. The maximum Gasteiger partial charge on any atom is 0.291 e. The lowest BCUT2D eigenvalue weighted by Crippen LogP contribution is -2.49. The number of carbonyl (C=O) groups excluding carboxylic acids is 2. The number of amides is 2. The van der Waals surface area contributed by atoms with Gasteiger partial charge in [-0.1, -0.05) is 30.3 Å². The standard InChI is InChI=1S/C20H20N6O3/c1-12-8-9-15-19(21-12)29-11-14(20(28)26(15)2)22-18(27)17-23-16(24-25-17)10-13-6-4-3-5-7-13/h3-9,14H,10-11H2,1-2H3,(H,22,27)(H,23,24,25)/t14-/m1/s1. The number of H-pyrrole nitrogens is 1. The number of aromatic amines is 1. The number of aryl methyl sites for hydroxylation is 1. The van der Waals surface area contributed by atoms with Crippen molar-refractivity contribution in [2.75, 3.05) is 18.6 Å². The predicted molar refractivity (Wildman–Crippen MR) is 105 cm³/mol. The molecule has 0 saturated carbocycles. The SMILES string of the molecule is Cc1ccc2c(n1)OC[C@@H](NC(=O)c1n[nH]c(Cc3ccccc3)n1)C(=O)N2C. The zero-order valence-electron chi connectivity index (χ0n) is 16.0. The van der Waals surface area contributed by atoms with Crippen molar-refractivity contribution >= 4 is 17.5 Å². The van der Waals surface area contributed by atoms with Crippen molar-refractivity contribution in [3.8, 4) is 5.88 Å². The van der Waals surface area contributed by atoms with Crippen LogP contribution in [-0.2, 0) is 11.2 Å². The third kappa shape index (κ3) is 3.93. The molecular formula is C20H20N6O3. The average Bonchev–Trinajstić information content (AvgIpc) is 3.15. The van der Waals surface area contributed by atoms with Gasteiger partial charge in [0.05, 0.1) is 0 Å². The molecule has 0 unspecified atom stereocenters. The van der Waals surface area contributed by atoms with Crippen LogP contribution in [0.1, 0.15) is 27.7 Å². The number of hydrogen-bond donors (Lipinski definition) is 2. The monoisotopic (exact) mass is 392 g/mol. The van der Waals surface area contributed by atoms with Crippen LogP contribution in [-0.4, -0.2) is 51.7 Å². The minimum Gasteiger partial charge on any atom is -0.473 e. The van der Waals surface area contributed by atoms with E-state index < -0.39 is 11.9 Å². The Morgan fingerprint density at radius 3 is 2.83 bits per heavy atom. The Hall–Kier alpha value is -3.75. The van der Waals surface area contributed by atoms with E-state index in [9.17, 15) is 9.59 Å². The van der Waals surface area contributed by atoms with Crippen LogP contribution >= 0.6 is 0 Å². The summed E-state index contributed by atoms with van der Waals surface area (Å²) in [5, 5.41) is 9.39. The first-order chi connectivity index (χ1) is 14.0. The highest BCUT2D eigenvalue weighted by molar-refractivity contribution is 6.02. The third-order valence-corrected chi connectivity index (χ3v) is 4.61. The van der Waals surface area contributed by atoms with E-state index in [2.05, 4.69) is 25.5 Å². The first-order valence-corrected chi connectivity index (χ1v) is 9.15. The van der Waals surface area contributed by atoms with E-state index >= 15 is 0 Å². The van der Waals surface area contributed by atoms with E-state index in [0.29, 0.717) is 23.8 Å². The van der Waals surface area contributed by atoms with Crippen LogP contribution in [0.4, 0.5) is 5.69 Å². The van der Waals surface area contributed by atoms with E-state index in [1.54, 1.807) is 19.2 Å². The number of anilines is 1. The molecule has 0 saturated heterocycles. The van der Waals surface area contributed by atoms with Gasteiger partial charge in [-0.15, -0.1) is 5.10 Å². The van der Waals surface area contributed by atoms with Crippen molar-refractivity contribution in [2.45, 2.75) is 19.4 Å². The van der Waals surface area contributed by atoms with Crippen LogP contribution in [0.2, 0.25) is 0 Å². The van der Waals surface area contributed by atoms with Gasteiger partial charge in [0.25, 0.3) is 11.8 Å². The first-order valence-electron chi connectivity index (χ1n) is 9.15. The number of rotatable bonds is 4. The molecule has 1 atom stereocenters. The van der Waals surface area contributed by atoms with Crippen molar-refractivity contribution < 1.29 is 14.3 Å². The second-order valence-corrected chi connectivity index (χ2v) is 6.78. The van der Waals surface area contributed by atoms with Crippen LogP contribution in [0.5, 0.6) is 5.88 Å². The second kappa shape index (κ2) is 7.70. The van der Waals surface area contributed by atoms with Crippen molar-refractivity contribution in [3.05, 3.63) is 65.4 Å². The molecule has 2 aromatic heterocycles. The van der Waals surface area contributed by atoms with Crippen LogP contribution in [0.15, 0.2) is 42.5 Å². The zero-order valence-corrected chi connectivity index (χ0v) is 16.0. The Kier molecular flexibility index (Phi) is 4.94. The summed E-state index contributed by atoms with van der Waals surface area (Å²) in [6.45, 7) is 1.81. The average molecular weight is 392 g/mol. The molecule has 2 N–H and O–H groups in total. The van der Waals surface area contributed by atoms with E-state index in [4.69, 9.17) is 4.74 Å². The van der Waals surface area contributed by atoms with Gasteiger partial charge in [0.15, 0.2) is 0 Å². The van der Waals surface area contributed by atoms with Crippen LogP contribution in [0, 0.1) is 6.92 Å². The summed E-state index contributed by atoms with van der Waals surface area (Å²) in [4.78, 5) is 35.3. The third-order valence-electron chi connectivity index (χ3n) is 4.61. The lowest BCUT2D eigenvalue weighted by Gasteiger charge is -2.19. The summed E-state index contributed by atoms with van der Waals surface area (Å²) in [6, 6.07) is 12.4. The van der Waals surface area contributed by atoms with Crippen LogP contribution < -0.4 is 15.0 Å². The number of ether oxygens (including phenoxy) is 1. The summed E-state index contributed by atoms with van der Waals surface area (Å²) >= 11 is 0. The maximum absolute atomic E-state index is 12.8. The van der Waals surface area contributed by atoms with Gasteiger partial charge in [0, 0.05) is 19.2 Å². The molecule has 148 valence electrons. The number of fused-ring (bicyclic) bond motifs is 1. The van der Waals surface area contributed by atoms with Gasteiger partial charge in [-0.3, -0.25) is 14.7 Å². The number of aromatic nitrogens is 4. The normalized spacial score (nSPS) is 16.0. The molecule has 1 aliphatic heterocycles. The Morgan fingerprint density at radius 2 is 2.03 bits per heavy atom. The van der Waals surface area contributed by atoms with Crippen LogP contribution in [0.3, 0.4) is 0 Å². The zero-order chi connectivity index (χ0) is 20.4. The molecule has 0 aliphatic carbocycles. The molecule has 2 amide bonds. The minimum atomic E-state index is -0.877. The summed E-state index contributed by atoms with van der Waals surface area (Å²) in [5.41, 5.74) is 2.38. The molecule has 1 aliphatic rings. The molecule has 0 radical (unpaired) electrons. The number of carbonyl (C=O) groups is 2. The molecule has 9 nitrogen and oxygen atoms in total. The molecule has 0 bridgehead atoms. The number of likely N-dealkylation sites (N-methyl/N-ethyl adjacent to an activating group) is 1. The lowest BCUT2D eigenvalue weighted by atomic mass is 10.1. The van der Waals surface area contributed by atoms with Crippen LogP contribution in [0.25, 0.3) is 0 Å². The maximum atomic E-state index is 12.8. The highest BCUT2D eigenvalue weighted by Gasteiger charge is 2.32. The van der Waals surface area contributed by atoms with Crippen molar-refractivity contribution in [3.63, 3.8) is 0 Å². The van der Waals surface area contributed by atoms with E-state index in [-0.39, 0.29) is 18.3 Å². The molecule has 29 heavy (non-hydrogen) atoms. The molecule has 0 spiro atoms. The second-order valence-electron chi connectivity index (χ2n) is 6.78. The first kappa shape index (κ1) is 18.6. The number of nitrogens with zero attached hydrogens (tertiary/aromatic N) is 4. The van der Waals surface area contributed by atoms with Gasteiger partial charge in [-0.2, -0.15) is 0 Å². The van der Waals surface area contributed by atoms with E-state index in [1.165, 1.54) is 4.90 Å². The molecule has 3 heterocycles. The van der Waals surface area contributed by atoms with Gasteiger partial charge in [-0.05, 0) is 24.6 Å². The number of benzene rings is 1. The highest BCUT2D eigenvalue weighted by atomic mass is 16.5.